The zero-order valence-corrected chi connectivity index (χ0v) is 16.3. The summed E-state index contributed by atoms with van der Waals surface area (Å²) in [5.74, 6) is -0.287. The third-order valence-corrected chi connectivity index (χ3v) is 6.40. The van der Waals surface area contributed by atoms with Crippen LogP contribution in [0.4, 0.5) is 10.8 Å². The van der Waals surface area contributed by atoms with Crippen LogP contribution >= 0.6 is 11.3 Å². The molecule has 27 heavy (non-hydrogen) atoms. The van der Waals surface area contributed by atoms with Gasteiger partial charge >= 0.3 is 0 Å². The van der Waals surface area contributed by atoms with Crippen molar-refractivity contribution in [2.45, 2.75) is 18.2 Å². The van der Waals surface area contributed by atoms with Crippen molar-refractivity contribution in [3.05, 3.63) is 71.7 Å². The van der Waals surface area contributed by atoms with Crippen molar-refractivity contribution in [3.8, 4) is 0 Å². The number of carbonyl (C=O) groups is 1. The van der Waals surface area contributed by atoms with Gasteiger partial charge in [0, 0.05) is 24.5 Å². The first-order valence-electron chi connectivity index (χ1n) is 8.30. The fourth-order valence-electron chi connectivity index (χ4n) is 2.49. The molecule has 1 heterocycles. The van der Waals surface area contributed by atoms with Crippen molar-refractivity contribution in [3.63, 3.8) is 0 Å². The Hall–Kier alpha value is -2.71. The van der Waals surface area contributed by atoms with Gasteiger partial charge < -0.3 is 5.32 Å². The molecule has 1 amide bonds. The number of nitrogens with one attached hydrogen (secondary N) is 1. The summed E-state index contributed by atoms with van der Waals surface area (Å²) in [6, 6.07) is 15.4. The molecular formula is C19H19N3O3S2. The average Bonchev–Trinajstić information content (AvgIpc) is 3.16. The van der Waals surface area contributed by atoms with Crippen molar-refractivity contribution in [2.24, 2.45) is 0 Å². The maximum Gasteiger partial charge on any atom is 0.264 e. The number of carbonyl (C=O) groups excluding carboxylic acids is 1. The highest BCUT2D eigenvalue weighted by Gasteiger charge is 2.25. The highest BCUT2D eigenvalue weighted by atomic mass is 32.2. The van der Waals surface area contributed by atoms with Crippen molar-refractivity contribution in [1.82, 2.24) is 4.98 Å². The fraction of sp³-hybridized carbons (Fsp3) is 0.158. The Kier molecular flexibility index (Phi) is 5.88. The minimum absolute atomic E-state index is 0.0135. The molecule has 6 nitrogen and oxygen atoms in total. The average molecular weight is 402 g/mol. The topological polar surface area (TPSA) is 79.4 Å². The van der Waals surface area contributed by atoms with Crippen LogP contribution in [-0.2, 0) is 14.8 Å². The Morgan fingerprint density at radius 3 is 2.44 bits per heavy atom. The zero-order chi connectivity index (χ0) is 19.3. The van der Waals surface area contributed by atoms with E-state index in [4.69, 9.17) is 0 Å². The summed E-state index contributed by atoms with van der Waals surface area (Å²) < 4.78 is 27.6. The minimum atomic E-state index is -3.79. The first-order valence-corrected chi connectivity index (χ1v) is 10.6. The summed E-state index contributed by atoms with van der Waals surface area (Å²) in [5, 5.41) is 4.93. The molecule has 0 aliphatic heterocycles. The number of amides is 1. The van der Waals surface area contributed by atoms with Gasteiger partial charge in [0.2, 0.25) is 5.91 Å². The standard InChI is InChI=1S/C19H19N3O3S2/c1-15-7-9-17(10-8-15)27(24,25)22(16-5-3-2-4-6-16)13-11-18(23)21-19-20-12-14-26-19/h2-10,12,14H,11,13H2,1H3,(H,20,21,23). The van der Waals surface area contributed by atoms with Crippen LogP contribution in [0.2, 0.25) is 0 Å². The Balaban J connectivity index is 1.83. The van der Waals surface area contributed by atoms with E-state index in [9.17, 15) is 13.2 Å². The number of nitrogens with zero attached hydrogens (tertiary/aromatic N) is 2. The number of hydrogen-bond donors (Lipinski definition) is 1. The largest absolute Gasteiger partial charge is 0.302 e. The minimum Gasteiger partial charge on any atom is -0.302 e. The fourth-order valence-corrected chi connectivity index (χ4v) is 4.50. The molecule has 0 atom stereocenters. The van der Waals surface area contributed by atoms with Crippen LogP contribution in [0.25, 0.3) is 0 Å². The predicted octanol–water partition coefficient (Wildman–Crippen LogP) is 3.68. The summed E-state index contributed by atoms with van der Waals surface area (Å²) >= 11 is 1.31. The van der Waals surface area contributed by atoms with Gasteiger partial charge in [0.25, 0.3) is 10.0 Å². The molecule has 0 aliphatic rings. The van der Waals surface area contributed by atoms with E-state index < -0.39 is 10.0 Å². The number of aromatic nitrogens is 1. The zero-order valence-electron chi connectivity index (χ0n) is 14.7. The summed E-state index contributed by atoms with van der Waals surface area (Å²) in [4.78, 5) is 16.4. The van der Waals surface area contributed by atoms with E-state index in [1.807, 2.05) is 13.0 Å². The van der Waals surface area contributed by atoms with E-state index in [-0.39, 0.29) is 23.8 Å². The number of anilines is 2. The normalized spacial score (nSPS) is 11.1. The third kappa shape index (κ3) is 4.72. The number of sulfonamides is 1. The van der Waals surface area contributed by atoms with E-state index in [0.717, 1.165) is 5.56 Å². The SMILES string of the molecule is Cc1ccc(S(=O)(=O)N(CCC(=O)Nc2nccs2)c2ccccc2)cc1. The molecule has 0 fully saturated rings. The molecule has 0 radical (unpaired) electrons. The predicted molar refractivity (Wildman–Crippen MR) is 108 cm³/mol. The highest BCUT2D eigenvalue weighted by Crippen LogP contribution is 2.24. The van der Waals surface area contributed by atoms with Crippen molar-refractivity contribution in [2.75, 3.05) is 16.2 Å². The third-order valence-electron chi connectivity index (χ3n) is 3.87. The van der Waals surface area contributed by atoms with Crippen molar-refractivity contribution in [1.29, 1.82) is 0 Å². The molecule has 0 saturated heterocycles. The lowest BCUT2D eigenvalue weighted by Crippen LogP contribution is -2.34. The molecule has 0 spiro atoms. The number of hydrogen-bond acceptors (Lipinski definition) is 5. The second kappa shape index (κ2) is 8.32. The molecule has 8 heteroatoms. The second-order valence-corrected chi connectivity index (χ2v) is 8.62. The van der Waals surface area contributed by atoms with Crippen LogP contribution in [0.1, 0.15) is 12.0 Å². The molecule has 0 unspecified atom stereocenters. The molecule has 140 valence electrons. The number of rotatable bonds is 7. The van der Waals surface area contributed by atoms with Crippen molar-refractivity contribution >= 4 is 38.1 Å². The first-order chi connectivity index (χ1) is 13.0. The summed E-state index contributed by atoms with van der Waals surface area (Å²) in [7, 11) is -3.79. The van der Waals surface area contributed by atoms with Gasteiger partial charge in [0.1, 0.15) is 0 Å². The number of thiazole rings is 1. The molecule has 1 N–H and O–H groups in total. The van der Waals surface area contributed by atoms with Crippen LogP contribution < -0.4 is 9.62 Å². The van der Waals surface area contributed by atoms with Gasteiger partial charge in [-0.05, 0) is 31.2 Å². The maximum atomic E-state index is 13.2. The van der Waals surface area contributed by atoms with Crippen LogP contribution in [0.15, 0.2) is 71.1 Å². The number of aryl methyl sites for hydroxylation is 1. The van der Waals surface area contributed by atoms with Crippen LogP contribution in [0.3, 0.4) is 0 Å². The van der Waals surface area contributed by atoms with Gasteiger partial charge in [-0.3, -0.25) is 9.10 Å². The van der Waals surface area contributed by atoms with Gasteiger partial charge in [-0.15, -0.1) is 11.3 Å². The summed E-state index contributed by atoms with van der Waals surface area (Å²) in [5.41, 5.74) is 1.49. The first kappa shape index (κ1) is 19.1. The number of para-hydroxylation sites is 1. The highest BCUT2D eigenvalue weighted by molar-refractivity contribution is 7.92. The molecule has 0 bridgehead atoms. The Labute approximate surface area is 162 Å². The molecule has 3 rings (SSSR count). The molecule has 3 aromatic rings. The van der Waals surface area contributed by atoms with E-state index in [2.05, 4.69) is 10.3 Å². The van der Waals surface area contributed by atoms with Crippen molar-refractivity contribution < 1.29 is 13.2 Å². The lowest BCUT2D eigenvalue weighted by atomic mass is 10.2. The van der Waals surface area contributed by atoms with Crippen LogP contribution in [0, 0.1) is 6.92 Å². The quantitative estimate of drug-likeness (QED) is 0.655. The van der Waals surface area contributed by atoms with E-state index >= 15 is 0 Å². The molecule has 2 aromatic carbocycles. The van der Waals surface area contributed by atoms with Gasteiger partial charge in [0.15, 0.2) is 5.13 Å². The maximum absolute atomic E-state index is 13.2. The Morgan fingerprint density at radius 1 is 1.11 bits per heavy atom. The van der Waals surface area contributed by atoms with Crippen LogP contribution in [0.5, 0.6) is 0 Å². The lowest BCUT2D eigenvalue weighted by molar-refractivity contribution is -0.116. The summed E-state index contributed by atoms with van der Waals surface area (Å²) in [6.07, 6.45) is 1.61. The van der Waals surface area contributed by atoms with Gasteiger partial charge in [0.05, 0.1) is 10.6 Å². The van der Waals surface area contributed by atoms with Crippen LogP contribution in [-0.4, -0.2) is 25.9 Å². The van der Waals surface area contributed by atoms with Gasteiger partial charge in [-0.25, -0.2) is 13.4 Å². The van der Waals surface area contributed by atoms with E-state index in [0.29, 0.717) is 10.8 Å². The summed E-state index contributed by atoms with van der Waals surface area (Å²) in [6.45, 7) is 1.92. The molecular weight excluding hydrogens is 382 g/mol. The van der Waals surface area contributed by atoms with E-state index in [1.165, 1.54) is 15.6 Å². The smallest absolute Gasteiger partial charge is 0.264 e. The van der Waals surface area contributed by atoms with E-state index in [1.54, 1.807) is 60.1 Å². The Morgan fingerprint density at radius 2 is 1.81 bits per heavy atom. The van der Waals surface area contributed by atoms with Gasteiger partial charge in [-0.2, -0.15) is 0 Å². The lowest BCUT2D eigenvalue weighted by Gasteiger charge is -2.24. The molecule has 0 saturated carbocycles. The van der Waals surface area contributed by atoms with Gasteiger partial charge in [-0.1, -0.05) is 35.9 Å². The second-order valence-electron chi connectivity index (χ2n) is 5.86. The number of benzene rings is 2. The monoisotopic (exact) mass is 401 g/mol. The molecule has 0 aliphatic carbocycles. The Bertz CT molecular complexity index is 986. The molecule has 1 aromatic heterocycles.